The van der Waals surface area contributed by atoms with Crippen LogP contribution >= 0.6 is 12.4 Å². The summed E-state index contributed by atoms with van der Waals surface area (Å²) in [7, 11) is 4.52. The van der Waals surface area contributed by atoms with Gasteiger partial charge in [-0.05, 0) is 13.0 Å². The predicted octanol–water partition coefficient (Wildman–Crippen LogP) is 2.32. The van der Waals surface area contributed by atoms with Crippen LogP contribution in [0.1, 0.15) is 23.0 Å². The van der Waals surface area contributed by atoms with Crippen LogP contribution in [-0.4, -0.2) is 38.9 Å². The van der Waals surface area contributed by atoms with E-state index in [1.54, 1.807) is 13.0 Å². The van der Waals surface area contributed by atoms with Crippen molar-refractivity contribution in [2.75, 3.05) is 27.9 Å². The van der Waals surface area contributed by atoms with E-state index in [0.29, 0.717) is 33.7 Å². The number of hydrogen-bond donors (Lipinski definition) is 1. The summed E-state index contributed by atoms with van der Waals surface area (Å²) in [5.74, 6) is 0.748. The highest BCUT2D eigenvalue weighted by molar-refractivity contribution is 6.09. The van der Waals surface area contributed by atoms with Gasteiger partial charge in [-0.25, -0.2) is 4.79 Å². The molecule has 1 aromatic heterocycles. The molecule has 0 aliphatic heterocycles. The van der Waals surface area contributed by atoms with Gasteiger partial charge in [0.15, 0.2) is 11.5 Å². The van der Waals surface area contributed by atoms with Crippen LogP contribution in [0.3, 0.4) is 0 Å². The number of hydrogen-bond acceptors (Lipinski definition) is 7. The number of nitrogens with zero attached hydrogens (tertiary/aromatic N) is 1. The average molecular weight is 357 g/mol. The smallest absolute Gasteiger partial charge is 0.340 e. The zero-order valence-electron chi connectivity index (χ0n) is 14.0. The largest absolute Gasteiger partial charge is 0.493 e. The number of esters is 1. The van der Waals surface area contributed by atoms with Crippen LogP contribution in [0.15, 0.2) is 12.3 Å². The number of methoxy groups -OCH3 is 3. The second kappa shape index (κ2) is 8.56. The van der Waals surface area contributed by atoms with Gasteiger partial charge in [-0.3, -0.25) is 4.98 Å². The third-order valence-corrected chi connectivity index (χ3v) is 3.45. The number of aromatic nitrogens is 1. The zero-order valence-corrected chi connectivity index (χ0v) is 14.9. The number of carbonyl (C=O) groups excluding carboxylic acids is 1. The van der Waals surface area contributed by atoms with E-state index < -0.39 is 5.97 Å². The minimum atomic E-state index is -0.487. The summed E-state index contributed by atoms with van der Waals surface area (Å²) in [6, 6.07) is 1.73. The third-order valence-electron chi connectivity index (χ3n) is 3.45. The van der Waals surface area contributed by atoms with Gasteiger partial charge in [-0.15, -0.1) is 12.4 Å². The lowest BCUT2D eigenvalue weighted by Crippen LogP contribution is -2.10. The predicted molar refractivity (Wildman–Crippen MR) is 92.5 cm³/mol. The maximum Gasteiger partial charge on any atom is 0.340 e. The molecule has 7 nitrogen and oxygen atoms in total. The summed E-state index contributed by atoms with van der Waals surface area (Å²) in [6.45, 7) is 2.20. The highest BCUT2D eigenvalue weighted by Crippen LogP contribution is 2.45. The summed E-state index contributed by atoms with van der Waals surface area (Å²) in [5.41, 5.74) is 6.67. The molecule has 1 aromatic carbocycles. The molecule has 0 unspecified atom stereocenters. The van der Waals surface area contributed by atoms with Crippen LogP contribution in [0.25, 0.3) is 10.8 Å². The van der Waals surface area contributed by atoms with Gasteiger partial charge in [0.05, 0.1) is 39.2 Å². The Morgan fingerprint density at radius 3 is 2.33 bits per heavy atom. The molecule has 2 N–H and O–H groups in total. The van der Waals surface area contributed by atoms with Crippen LogP contribution in [0, 0.1) is 0 Å². The molecule has 0 aliphatic rings. The monoisotopic (exact) mass is 356 g/mol. The van der Waals surface area contributed by atoms with Gasteiger partial charge in [0.2, 0.25) is 5.75 Å². The number of nitrogens with two attached hydrogens (primary N) is 1. The molecule has 0 spiro atoms. The lowest BCUT2D eigenvalue weighted by molar-refractivity contribution is 0.0528. The van der Waals surface area contributed by atoms with Crippen molar-refractivity contribution >= 4 is 29.1 Å². The van der Waals surface area contributed by atoms with Crippen molar-refractivity contribution < 1.29 is 23.7 Å². The van der Waals surface area contributed by atoms with Crippen molar-refractivity contribution in [1.29, 1.82) is 0 Å². The van der Waals surface area contributed by atoms with Crippen molar-refractivity contribution in [1.82, 2.24) is 4.98 Å². The van der Waals surface area contributed by atoms with Gasteiger partial charge in [-0.2, -0.15) is 0 Å². The van der Waals surface area contributed by atoms with Crippen molar-refractivity contribution in [2.24, 2.45) is 5.73 Å². The van der Waals surface area contributed by atoms with Crippen molar-refractivity contribution in [3.8, 4) is 17.2 Å². The Hall–Kier alpha value is -2.25. The fraction of sp³-hybridized carbons (Fsp3) is 0.375. The molecule has 0 saturated heterocycles. The quantitative estimate of drug-likeness (QED) is 0.794. The van der Waals surface area contributed by atoms with E-state index in [2.05, 4.69) is 4.98 Å². The number of pyridine rings is 1. The Morgan fingerprint density at radius 1 is 1.17 bits per heavy atom. The molecule has 0 saturated carbocycles. The fourth-order valence-corrected chi connectivity index (χ4v) is 2.45. The van der Waals surface area contributed by atoms with Crippen molar-refractivity contribution in [3.63, 3.8) is 0 Å². The van der Waals surface area contributed by atoms with Crippen LogP contribution in [0.5, 0.6) is 17.2 Å². The van der Waals surface area contributed by atoms with E-state index in [9.17, 15) is 4.79 Å². The SMILES string of the molecule is CCOC(=O)c1cnc(CN)c2cc(OC)c(OC)c(OC)c12.Cl. The van der Waals surface area contributed by atoms with Gasteiger partial charge >= 0.3 is 5.97 Å². The number of carbonyl (C=O) groups is 1. The zero-order chi connectivity index (χ0) is 17.0. The normalized spacial score (nSPS) is 10.0. The van der Waals surface area contributed by atoms with Gasteiger partial charge in [0.25, 0.3) is 0 Å². The Morgan fingerprint density at radius 2 is 1.83 bits per heavy atom. The molecule has 0 atom stereocenters. The molecule has 8 heteroatoms. The van der Waals surface area contributed by atoms with Crippen LogP contribution < -0.4 is 19.9 Å². The minimum Gasteiger partial charge on any atom is -0.493 e. The molecule has 2 rings (SSSR count). The molecule has 2 aromatic rings. The molecular formula is C16H21ClN2O5. The van der Waals surface area contributed by atoms with E-state index in [1.165, 1.54) is 27.5 Å². The molecule has 0 amide bonds. The Kier molecular flexibility index (Phi) is 7.06. The van der Waals surface area contributed by atoms with Gasteiger partial charge in [0, 0.05) is 23.5 Å². The average Bonchev–Trinajstić information content (AvgIpc) is 2.58. The van der Waals surface area contributed by atoms with Crippen LogP contribution in [0.4, 0.5) is 0 Å². The first-order chi connectivity index (χ1) is 11.1. The first-order valence-electron chi connectivity index (χ1n) is 7.10. The highest BCUT2D eigenvalue weighted by atomic mass is 35.5. The summed E-state index contributed by atoms with van der Waals surface area (Å²) < 4.78 is 21.3. The Labute approximate surface area is 146 Å². The number of halogens is 1. The van der Waals surface area contributed by atoms with Gasteiger partial charge in [0.1, 0.15) is 0 Å². The first-order valence-corrected chi connectivity index (χ1v) is 7.10. The molecule has 1 heterocycles. The second-order valence-electron chi connectivity index (χ2n) is 4.61. The maximum atomic E-state index is 12.3. The lowest BCUT2D eigenvalue weighted by atomic mass is 10.0. The number of fused-ring (bicyclic) bond motifs is 1. The van der Waals surface area contributed by atoms with E-state index in [1.807, 2.05) is 0 Å². The van der Waals surface area contributed by atoms with E-state index >= 15 is 0 Å². The summed E-state index contributed by atoms with van der Waals surface area (Å²) >= 11 is 0. The standard InChI is InChI=1S/C16H20N2O5.ClH/c1-5-23-16(19)10-8-18-11(7-17)9-6-12(20-2)14(21-3)15(22-4)13(9)10;/h6,8H,5,7,17H2,1-4H3;1H. The molecular weight excluding hydrogens is 336 g/mol. The van der Waals surface area contributed by atoms with Crippen molar-refractivity contribution in [2.45, 2.75) is 13.5 Å². The molecule has 24 heavy (non-hydrogen) atoms. The number of rotatable bonds is 6. The van der Waals surface area contributed by atoms with Crippen LogP contribution in [0.2, 0.25) is 0 Å². The molecule has 0 bridgehead atoms. The topological polar surface area (TPSA) is 92.9 Å². The van der Waals surface area contributed by atoms with E-state index in [4.69, 9.17) is 24.7 Å². The highest BCUT2D eigenvalue weighted by Gasteiger charge is 2.24. The molecule has 0 fully saturated rings. The van der Waals surface area contributed by atoms with Gasteiger partial charge in [-0.1, -0.05) is 0 Å². The second-order valence-corrected chi connectivity index (χ2v) is 4.61. The van der Waals surface area contributed by atoms with Gasteiger partial charge < -0.3 is 24.7 Å². The first kappa shape index (κ1) is 19.8. The van der Waals surface area contributed by atoms with E-state index in [-0.39, 0.29) is 31.1 Å². The molecule has 132 valence electrons. The third kappa shape index (κ3) is 3.32. The molecule has 0 aliphatic carbocycles. The lowest BCUT2D eigenvalue weighted by Gasteiger charge is -2.17. The van der Waals surface area contributed by atoms with Crippen molar-refractivity contribution in [3.05, 3.63) is 23.5 Å². The van der Waals surface area contributed by atoms with Crippen LogP contribution in [-0.2, 0) is 11.3 Å². The summed E-state index contributed by atoms with van der Waals surface area (Å²) in [6.07, 6.45) is 1.44. The minimum absolute atomic E-state index is 0. The Balaban J connectivity index is 0.00000288. The molecule has 0 radical (unpaired) electrons. The van der Waals surface area contributed by atoms with E-state index in [0.717, 1.165) is 0 Å². The Bertz CT molecular complexity index is 736. The fourth-order valence-electron chi connectivity index (χ4n) is 2.45. The number of ether oxygens (including phenoxy) is 4. The maximum absolute atomic E-state index is 12.3. The number of benzene rings is 1. The summed E-state index contributed by atoms with van der Waals surface area (Å²) in [4.78, 5) is 16.5. The summed E-state index contributed by atoms with van der Waals surface area (Å²) in [5, 5.41) is 1.20.